The number of hydrogen-bond acceptors (Lipinski definition) is 5. The highest BCUT2D eigenvalue weighted by Gasteiger charge is 2.32. The molecule has 1 aromatic carbocycles. The van der Waals surface area contributed by atoms with Crippen molar-refractivity contribution in [2.24, 2.45) is 12.0 Å². The molecule has 1 aromatic heterocycles. The summed E-state index contributed by atoms with van der Waals surface area (Å²) in [5.74, 6) is -1.04. The minimum Gasteiger partial charge on any atom is -0.491 e. The smallest absolute Gasteiger partial charge is 0.416 e. The summed E-state index contributed by atoms with van der Waals surface area (Å²) in [6.07, 6.45) is -2.01. The highest BCUT2D eigenvalue weighted by molar-refractivity contribution is 7.88. The van der Waals surface area contributed by atoms with Crippen LogP contribution in [0, 0.1) is 0 Å². The quantitative estimate of drug-likeness (QED) is 0.513. The Hall–Kier alpha value is -2.64. The standard InChI is InChI=1S/C24H33F3N4O5S/c1-23(2,3)20-14-21(31(30(20)4)15-17-7-6-11-35-17)29-22(32)18-13-16(24(25,26)27)8-9-19(18)36-12-10-28-37(5,33)34/h8-9,13-14,17,28H,6-7,10-12,15H2,1-5H3/b29-21+/t17-/m1/s1. The number of carbonyl (C=O) groups excluding carboxylic acids is 1. The molecular formula is C24H33F3N4O5S. The molecule has 9 nitrogen and oxygen atoms in total. The summed E-state index contributed by atoms with van der Waals surface area (Å²) >= 11 is 0. The lowest BCUT2D eigenvalue weighted by Gasteiger charge is -2.21. The fraction of sp³-hybridized carbons (Fsp3) is 0.583. The van der Waals surface area contributed by atoms with Crippen LogP contribution in [0.1, 0.15) is 55.2 Å². The zero-order chi connectivity index (χ0) is 27.6. The molecule has 0 saturated carbocycles. The Morgan fingerprint density at radius 3 is 2.51 bits per heavy atom. The van der Waals surface area contributed by atoms with Crippen LogP contribution in [0.25, 0.3) is 0 Å². The van der Waals surface area contributed by atoms with Crippen LogP contribution in [0.5, 0.6) is 5.75 Å². The first kappa shape index (κ1) is 28.9. The minimum atomic E-state index is -4.68. The van der Waals surface area contributed by atoms with Crippen LogP contribution in [0.3, 0.4) is 0 Å². The third-order valence-electron chi connectivity index (χ3n) is 5.89. The SMILES string of the molecule is Cn1c(C(C)(C)C)c/c(=N\C(=O)c2cc(C(F)(F)F)ccc2OCCNS(C)(=O)=O)n1C[C@H]1CCCO1. The van der Waals surface area contributed by atoms with Crippen LogP contribution in [0.2, 0.25) is 0 Å². The zero-order valence-electron chi connectivity index (χ0n) is 21.6. The van der Waals surface area contributed by atoms with E-state index in [0.717, 1.165) is 36.9 Å². The van der Waals surface area contributed by atoms with Gasteiger partial charge in [0.15, 0.2) is 5.49 Å². The summed E-state index contributed by atoms with van der Waals surface area (Å²) in [6.45, 7) is 6.78. The minimum absolute atomic E-state index is 0.0646. The molecule has 2 aromatic rings. The van der Waals surface area contributed by atoms with Gasteiger partial charge in [-0.05, 0) is 31.0 Å². The molecule has 1 fully saturated rings. The molecule has 37 heavy (non-hydrogen) atoms. The summed E-state index contributed by atoms with van der Waals surface area (Å²) in [4.78, 5) is 17.5. The zero-order valence-corrected chi connectivity index (χ0v) is 22.4. The highest BCUT2D eigenvalue weighted by atomic mass is 32.2. The van der Waals surface area contributed by atoms with Gasteiger partial charge in [0.1, 0.15) is 12.4 Å². The van der Waals surface area contributed by atoms with Gasteiger partial charge in [0.25, 0.3) is 5.91 Å². The molecule has 1 N–H and O–H groups in total. The Morgan fingerprint density at radius 2 is 1.95 bits per heavy atom. The molecule has 1 aliphatic heterocycles. The molecule has 1 saturated heterocycles. The van der Waals surface area contributed by atoms with Crippen LogP contribution in [0.15, 0.2) is 29.3 Å². The van der Waals surface area contributed by atoms with Crippen molar-refractivity contribution >= 4 is 15.9 Å². The monoisotopic (exact) mass is 546 g/mol. The number of hydrogen-bond donors (Lipinski definition) is 1. The molecule has 1 atom stereocenters. The molecule has 0 spiro atoms. The first-order valence-electron chi connectivity index (χ1n) is 11.8. The van der Waals surface area contributed by atoms with Crippen molar-refractivity contribution in [3.63, 3.8) is 0 Å². The number of rotatable bonds is 8. The third-order valence-corrected chi connectivity index (χ3v) is 6.62. The van der Waals surface area contributed by atoms with Crippen LogP contribution in [0.4, 0.5) is 13.2 Å². The molecule has 0 aliphatic carbocycles. The number of alkyl halides is 3. The van der Waals surface area contributed by atoms with E-state index in [-0.39, 0.29) is 41.5 Å². The summed E-state index contributed by atoms with van der Waals surface area (Å²) in [6, 6.07) is 4.28. The fourth-order valence-electron chi connectivity index (χ4n) is 4.11. The highest BCUT2D eigenvalue weighted by Crippen LogP contribution is 2.33. The predicted molar refractivity (Wildman–Crippen MR) is 131 cm³/mol. The van der Waals surface area contributed by atoms with Gasteiger partial charge in [-0.3, -0.25) is 14.2 Å². The Bertz CT molecular complexity index is 1300. The van der Waals surface area contributed by atoms with Crippen LogP contribution in [-0.2, 0) is 39.9 Å². The summed E-state index contributed by atoms with van der Waals surface area (Å²) in [5.41, 5.74) is -0.525. The maximum absolute atomic E-state index is 13.4. The van der Waals surface area contributed by atoms with E-state index in [4.69, 9.17) is 9.47 Å². The van der Waals surface area contributed by atoms with Crippen molar-refractivity contribution in [1.82, 2.24) is 14.1 Å². The number of aromatic nitrogens is 2. The average molecular weight is 547 g/mol. The number of carbonyl (C=O) groups is 1. The Labute approximate surface area is 214 Å². The number of nitrogens with zero attached hydrogens (tertiary/aromatic N) is 3. The van der Waals surface area contributed by atoms with E-state index >= 15 is 0 Å². The fourth-order valence-corrected chi connectivity index (χ4v) is 4.57. The van der Waals surface area contributed by atoms with Crippen molar-refractivity contribution in [1.29, 1.82) is 0 Å². The van der Waals surface area contributed by atoms with E-state index in [0.29, 0.717) is 19.2 Å². The Morgan fingerprint density at radius 1 is 1.24 bits per heavy atom. The first-order chi connectivity index (χ1) is 17.1. The summed E-state index contributed by atoms with van der Waals surface area (Å²) in [5, 5.41) is 0. The predicted octanol–water partition coefficient (Wildman–Crippen LogP) is 2.99. The van der Waals surface area contributed by atoms with Gasteiger partial charge in [-0.15, -0.1) is 0 Å². The van der Waals surface area contributed by atoms with E-state index in [9.17, 15) is 26.4 Å². The molecule has 0 radical (unpaired) electrons. The molecule has 1 amide bonds. The van der Waals surface area contributed by atoms with Gasteiger partial charge in [-0.2, -0.15) is 18.2 Å². The lowest BCUT2D eigenvalue weighted by Crippen LogP contribution is -2.30. The van der Waals surface area contributed by atoms with E-state index < -0.39 is 27.7 Å². The Balaban J connectivity index is 2.03. The topological polar surface area (TPSA) is 104 Å². The van der Waals surface area contributed by atoms with E-state index in [2.05, 4.69) is 9.71 Å². The number of sulfonamides is 1. The molecule has 1 aliphatic rings. The third kappa shape index (κ3) is 7.68. The van der Waals surface area contributed by atoms with Gasteiger partial charge >= 0.3 is 6.18 Å². The van der Waals surface area contributed by atoms with E-state index in [1.165, 1.54) is 0 Å². The number of halogens is 3. The number of amides is 1. The normalized spacial score (nSPS) is 17.4. The molecule has 0 unspecified atom stereocenters. The number of nitrogens with one attached hydrogen (secondary N) is 1. The van der Waals surface area contributed by atoms with Crippen LogP contribution < -0.4 is 14.9 Å². The largest absolute Gasteiger partial charge is 0.491 e. The second kappa shape index (κ2) is 11.0. The summed E-state index contributed by atoms with van der Waals surface area (Å²) in [7, 11) is -1.64. The molecule has 0 bridgehead atoms. The lowest BCUT2D eigenvalue weighted by atomic mass is 9.92. The maximum Gasteiger partial charge on any atom is 0.416 e. The lowest BCUT2D eigenvalue weighted by molar-refractivity contribution is -0.137. The van der Waals surface area contributed by atoms with Gasteiger partial charge in [-0.25, -0.2) is 13.1 Å². The first-order valence-corrected chi connectivity index (χ1v) is 13.7. The van der Waals surface area contributed by atoms with Crippen molar-refractivity contribution < 1.29 is 35.9 Å². The van der Waals surface area contributed by atoms with Crippen LogP contribution in [-0.4, -0.2) is 55.8 Å². The van der Waals surface area contributed by atoms with Crippen molar-refractivity contribution in [3.05, 3.63) is 46.6 Å². The van der Waals surface area contributed by atoms with Crippen molar-refractivity contribution in [2.45, 2.75) is 57.9 Å². The summed E-state index contributed by atoms with van der Waals surface area (Å²) < 4.78 is 79.9. The van der Waals surface area contributed by atoms with Gasteiger partial charge in [0.2, 0.25) is 10.0 Å². The molecule has 2 heterocycles. The second-order valence-electron chi connectivity index (χ2n) is 10.0. The number of benzene rings is 1. The van der Waals surface area contributed by atoms with Crippen molar-refractivity contribution in [3.8, 4) is 5.75 Å². The van der Waals surface area contributed by atoms with Gasteiger partial charge in [0, 0.05) is 37.4 Å². The van der Waals surface area contributed by atoms with E-state index in [1.54, 1.807) is 10.7 Å². The van der Waals surface area contributed by atoms with Gasteiger partial charge in [-0.1, -0.05) is 20.8 Å². The second-order valence-corrected chi connectivity index (χ2v) is 11.9. The van der Waals surface area contributed by atoms with Crippen molar-refractivity contribution in [2.75, 3.05) is 26.0 Å². The Kier molecular flexibility index (Phi) is 8.60. The molecule has 3 rings (SSSR count). The molecule has 206 valence electrons. The number of ether oxygens (including phenoxy) is 2. The maximum atomic E-state index is 13.4. The average Bonchev–Trinajstić information content (AvgIpc) is 3.39. The van der Waals surface area contributed by atoms with Gasteiger partial charge < -0.3 is 9.47 Å². The van der Waals surface area contributed by atoms with Crippen LogP contribution >= 0.6 is 0 Å². The molecular weight excluding hydrogens is 513 g/mol. The van der Waals surface area contributed by atoms with E-state index in [1.807, 2.05) is 32.5 Å². The van der Waals surface area contributed by atoms with Gasteiger partial charge in [0.05, 0.1) is 30.0 Å². The molecule has 13 heteroatoms.